The van der Waals surface area contributed by atoms with Crippen LogP contribution in [-0.4, -0.2) is 51.7 Å². The molecule has 1 aliphatic heterocycles. The molecule has 0 bridgehead atoms. The fraction of sp³-hybridized carbons (Fsp3) is 0.750. The van der Waals surface area contributed by atoms with Gasteiger partial charge in [0.25, 0.3) is 5.91 Å². The molecular formula is C12H21N5O2. The Kier molecular flexibility index (Phi) is 4.86. The Hall–Kier alpha value is -1.47. The van der Waals surface area contributed by atoms with E-state index in [-0.39, 0.29) is 18.6 Å². The molecule has 3 N–H and O–H groups in total. The summed E-state index contributed by atoms with van der Waals surface area (Å²) in [6.45, 7) is 3.78. The maximum atomic E-state index is 11.9. The highest BCUT2D eigenvalue weighted by molar-refractivity contribution is 5.92. The van der Waals surface area contributed by atoms with E-state index in [1.807, 2.05) is 6.92 Å². The molecule has 1 saturated heterocycles. The van der Waals surface area contributed by atoms with E-state index in [0.717, 1.165) is 25.9 Å². The Morgan fingerprint density at radius 3 is 3.00 bits per heavy atom. The fourth-order valence-corrected chi connectivity index (χ4v) is 2.17. The van der Waals surface area contributed by atoms with Crippen molar-refractivity contribution in [1.29, 1.82) is 0 Å². The molecule has 1 aromatic rings. The summed E-state index contributed by atoms with van der Waals surface area (Å²) in [6.07, 6.45) is 4.37. The lowest BCUT2D eigenvalue weighted by molar-refractivity contribution is 0.0909. The predicted molar refractivity (Wildman–Crippen MR) is 69.8 cm³/mol. The quantitative estimate of drug-likeness (QED) is 0.681. The van der Waals surface area contributed by atoms with E-state index in [1.54, 1.807) is 10.9 Å². The Bertz CT molecular complexity index is 410. The average Bonchev–Trinajstić information content (AvgIpc) is 2.95. The number of amides is 1. The summed E-state index contributed by atoms with van der Waals surface area (Å²) in [5.74, 6) is -0.277. The molecule has 2 heterocycles. The number of carbonyl (C=O) groups is 1. The monoisotopic (exact) mass is 267 g/mol. The number of hydrogen-bond donors (Lipinski definition) is 3. The van der Waals surface area contributed by atoms with E-state index < -0.39 is 0 Å². The zero-order valence-electron chi connectivity index (χ0n) is 11.2. The lowest BCUT2D eigenvalue weighted by Crippen LogP contribution is -2.37. The van der Waals surface area contributed by atoms with E-state index in [9.17, 15) is 4.79 Å². The van der Waals surface area contributed by atoms with Gasteiger partial charge in [-0.3, -0.25) is 4.79 Å². The normalized spacial score (nSPS) is 18.2. The van der Waals surface area contributed by atoms with Crippen molar-refractivity contribution in [1.82, 2.24) is 25.6 Å². The maximum Gasteiger partial charge on any atom is 0.273 e. The molecule has 0 saturated carbocycles. The smallest absolute Gasteiger partial charge is 0.273 e. The molecule has 2 rings (SSSR count). The molecule has 0 spiro atoms. The molecule has 1 amide bonds. The molecule has 0 radical (unpaired) electrons. The van der Waals surface area contributed by atoms with Crippen molar-refractivity contribution in [2.24, 2.45) is 0 Å². The highest BCUT2D eigenvalue weighted by Gasteiger charge is 2.19. The van der Waals surface area contributed by atoms with Gasteiger partial charge in [0.2, 0.25) is 0 Å². The zero-order chi connectivity index (χ0) is 13.7. The van der Waals surface area contributed by atoms with Gasteiger partial charge in [0.1, 0.15) is 0 Å². The molecule has 19 heavy (non-hydrogen) atoms. The number of rotatable bonds is 5. The standard InChI is InChI=1S/C12H21N5O2/c1-2-9(8-18)14-12(19)11-7-17(16-15-11)10-3-5-13-6-4-10/h7,9-10,13,18H,2-6,8H2,1H3,(H,14,19)/t9-/m1/s1. The number of aliphatic hydroxyl groups excluding tert-OH is 1. The van der Waals surface area contributed by atoms with Crippen LogP contribution < -0.4 is 10.6 Å². The minimum atomic E-state index is -0.277. The van der Waals surface area contributed by atoms with Crippen LogP contribution in [0.25, 0.3) is 0 Å². The van der Waals surface area contributed by atoms with Crippen LogP contribution in [0.2, 0.25) is 0 Å². The molecule has 0 aromatic carbocycles. The minimum Gasteiger partial charge on any atom is -0.394 e. The number of hydrogen-bond acceptors (Lipinski definition) is 5. The van der Waals surface area contributed by atoms with Crippen LogP contribution in [0.4, 0.5) is 0 Å². The predicted octanol–water partition coefficient (Wildman–Crippen LogP) is -0.297. The maximum absolute atomic E-state index is 11.9. The second-order valence-corrected chi connectivity index (χ2v) is 4.83. The fourth-order valence-electron chi connectivity index (χ4n) is 2.17. The van der Waals surface area contributed by atoms with Crippen molar-refractivity contribution in [3.8, 4) is 0 Å². The number of aromatic nitrogens is 3. The van der Waals surface area contributed by atoms with Crippen molar-refractivity contribution in [3.63, 3.8) is 0 Å². The van der Waals surface area contributed by atoms with Crippen LogP contribution in [0.3, 0.4) is 0 Å². The summed E-state index contributed by atoms with van der Waals surface area (Å²) >= 11 is 0. The van der Waals surface area contributed by atoms with Gasteiger partial charge < -0.3 is 15.7 Å². The number of piperidine rings is 1. The third-order valence-electron chi connectivity index (χ3n) is 3.47. The van der Waals surface area contributed by atoms with Crippen molar-refractivity contribution < 1.29 is 9.90 Å². The number of nitrogens with one attached hydrogen (secondary N) is 2. The van der Waals surface area contributed by atoms with Gasteiger partial charge in [0.05, 0.1) is 24.9 Å². The molecule has 7 nitrogen and oxygen atoms in total. The van der Waals surface area contributed by atoms with Crippen LogP contribution in [-0.2, 0) is 0 Å². The van der Waals surface area contributed by atoms with Crippen molar-refractivity contribution in [2.75, 3.05) is 19.7 Å². The lowest BCUT2D eigenvalue weighted by Gasteiger charge is -2.22. The van der Waals surface area contributed by atoms with Gasteiger partial charge in [-0.05, 0) is 32.4 Å². The van der Waals surface area contributed by atoms with Gasteiger partial charge in [0.15, 0.2) is 5.69 Å². The van der Waals surface area contributed by atoms with Gasteiger partial charge in [-0.2, -0.15) is 0 Å². The van der Waals surface area contributed by atoms with Crippen LogP contribution >= 0.6 is 0 Å². The summed E-state index contributed by atoms with van der Waals surface area (Å²) in [5, 5.41) is 23.0. The summed E-state index contributed by atoms with van der Waals surface area (Å²) < 4.78 is 1.77. The average molecular weight is 267 g/mol. The van der Waals surface area contributed by atoms with Gasteiger partial charge in [0, 0.05) is 0 Å². The van der Waals surface area contributed by atoms with Gasteiger partial charge in [-0.15, -0.1) is 5.10 Å². The van der Waals surface area contributed by atoms with E-state index >= 15 is 0 Å². The SMILES string of the molecule is CC[C@H](CO)NC(=O)c1cn(C2CCNCC2)nn1. The second kappa shape index (κ2) is 6.63. The summed E-state index contributed by atoms with van der Waals surface area (Å²) in [4.78, 5) is 11.9. The Balaban J connectivity index is 1.97. The first-order chi connectivity index (χ1) is 9.24. The van der Waals surface area contributed by atoms with Gasteiger partial charge in [-0.1, -0.05) is 12.1 Å². The van der Waals surface area contributed by atoms with E-state index in [2.05, 4.69) is 20.9 Å². The largest absolute Gasteiger partial charge is 0.394 e. The van der Waals surface area contributed by atoms with E-state index in [0.29, 0.717) is 18.2 Å². The zero-order valence-corrected chi connectivity index (χ0v) is 11.2. The van der Waals surface area contributed by atoms with Crippen LogP contribution in [0.15, 0.2) is 6.20 Å². The van der Waals surface area contributed by atoms with Crippen molar-refractivity contribution >= 4 is 5.91 Å². The van der Waals surface area contributed by atoms with Gasteiger partial charge in [-0.25, -0.2) is 4.68 Å². The number of nitrogens with zero attached hydrogens (tertiary/aromatic N) is 3. The minimum absolute atomic E-state index is 0.0648. The van der Waals surface area contributed by atoms with Crippen LogP contribution in [0, 0.1) is 0 Å². The molecule has 0 unspecified atom stereocenters. The number of aliphatic hydroxyl groups is 1. The Labute approximate surface area is 112 Å². The molecule has 106 valence electrons. The first-order valence-electron chi connectivity index (χ1n) is 6.78. The molecule has 1 aromatic heterocycles. The van der Waals surface area contributed by atoms with Crippen molar-refractivity contribution in [2.45, 2.75) is 38.3 Å². The third kappa shape index (κ3) is 3.51. The molecule has 7 heteroatoms. The summed E-state index contributed by atoms with van der Waals surface area (Å²) in [5.41, 5.74) is 0.311. The summed E-state index contributed by atoms with van der Waals surface area (Å²) in [6, 6.07) is 0.0895. The molecule has 1 atom stereocenters. The third-order valence-corrected chi connectivity index (χ3v) is 3.47. The summed E-state index contributed by atoms with van der Waals surface area (Å²) in [7, 11) is 0. The molecular weight excluding hydrogens is 246 g/mol. The van der Waals surface area contributed by atoms with E-state index in [1.165, 1.54) is 0 Å². The van der Waals surface area contributed by atoms with Crippen molar-refractivity contribution in [3.05, 3.63) is 11.9 Å². The first-order valence-corrected chi connectivity index (χ1v) is 6.78. The first kappa shape index (κ1) is 14.0. The molecule has 0 aliphatic carbocycles. The highest BCUT2D eigenvalue weighted by Crippen LogP contribution is 2.16. The molecule has 1 fully saturated rings. The number of carbonyl (C=O) groups excluding carboxylic acids is 1. The molecule has 1 aliphatic rings. The van der Waals surface area contributed by atoms with Crippen LogP contribution in [0.5, 0.6) is 0 Å². The highest BCUT2D eigenvalue weighted by atomic mass is 16.3. The Morgan fingerprint density at radius 2 is 2.37 bits per heavy atom. The van der Waals surface area contributed by atoms with Crippen LogP contribution in [0.1, 0.15) is 42.7 Å². The van der Waals surface area contributed by atoms with Gasteiger partial charge >= 0.3 is 0 Å². The Morgan fingerprint density at radius 1 is 1.63 bits per heavy atom. The topological polar surface area (TPSA) is 92.1 Å². The van der Waals surface area contributed by atoms with E-state index in [4.69, 9.17) is 5.11 Å². The second-order valence-electron chi connectivity index (χ2n) is 4.83. The lowest BCUT2D eigenvalue weighted by atomic mass is 10.1.